The van der Waals surface area contributed by atoms with E-state index in [0.29, 0.717) is 16.7 Å². The lowest BCUT2D eigenvalue weighted by Gasteiger charge is -2.13. The van der Waals surface area contributed by atoms with Crippen LogP contribution in [0.3, 0.4) is 0 Å². The molecule has 0 spiro atoms. The Morgan fingerprint density at radius 3 is 2.80 bits per heavy atom. The van der Waals surface area contributed by atoms with Crippen LogP contribution in [0.25, 0.3) is 0 Å². The Kier molecular flexibility index (Phi) is 4.19. The van der Waals surface area contributed by atoms with Gasteiger partial charge in [-0.2, -0.15) is 0 Å². The Morgan fingerprint density at radius 2 is 2.20 bits per heavy atom. The number of nitrogens with zero attached hydrogens (tertiary/aromatic N) is 4. The number of nitrogens with one attached hydrogen (secondary N) is 2. The molecule has 106 valence electrons. The van der Waals surface area contributed by atoms with Gasteiger partial charge in [0.25, 0.3) is 5.91 Å². The van der Waals surface area contributed by atoms with Crippen molar-refractivity contribution >= 4 is 23.3 Å². The van der Waals surface area contributed by atoms with Crippen molar-refractivity contribution in [2.75, 3.05) is 12.4 Å². The van der Waals surface area contributed by atoms with Gasteiger partial charge in [0.1, 0.15) is 17.8 Å². The van der Waals surface area contributed by atoms with E-state index in [1.807, 2.05) is 14.0 Å². The van der Waals surface area contributed by atoms with Crippen LogP contribution in [-0.4, -0.2) is 32.7 Å². The van der Waals surface area contributed by atoms with E-state index in [-0.39, 0.29) is 17.6 Å². The normalized spacial score (nSPS) is 12.0. The second-order valence-electron chi connectivity index (χ2n) is 4.27. The zero-order chi connectivity index (χ0) is 14.7. The van der Waals surface area contributed by atoms with Crippen molar-refractivity contribution < 1.29 is 4.79 Å². The summed E-state index contributed by atoms with van der Waals surface area (Å²) in [6.45, 7) is 1.82. The highest BCUT2D eigenvalue weighted by Crippen LogP contribution is 2.17. The predicted molar refractivity (Wildman–Crippen MR) is 75.7 cm³/mol. The Labute approximate surface area is 121 Å². The summed E-state index contributed by atoms with van der Waals surface area (Å²) in [5, 5.41) is 13.7. The fraction of sp³-hybridized carbons (Fsp3) is 0.333. The minimum Gasteiger partial charge on any atom is -0.373 e. The van der Waals surface area contributed by atoms with E-state index in [1.54, 1.807) is 30.1 Å². The maximum Gasteiger partial charge on any atom is 0.272 e. The molecule has 2 rings (SSSR count). The number of hydrogen-bond donors (Lipinski definition) is 2. The topological polar surface area (TPSA) is 84.7 Å². The lowest BCUT2D eigenvalue weighted by molar-refractivity contribution is 0.0933. The summed E-state index contributed by atoms with van der Waals surface area (Å²) < 4.78 is 1.74. The summed E-state index contributed by atoms with van der Waals surface area (Å²) >= 11 is 6.00. The third kappa shape index (κ3) is 2.88. The average Bonchev–Trinajstić information content (AvgIpc) is 2.85. The van der Waals surface area contributed by atoms with Crippen LogP contribution in [0, 0.1) is 0 Å². The third-order valence-electron chi connectivity index (χ3n) is 2.80. The van der Waals surface area contributed by atoms with Gasteiger partial charge < -0.3 is 15.2 Å². The maximum atomic E-state index is 12.2. The van der Waals surface area contributed by atoms with Crippen molar-refractivity contribution in [2.24, 2.45) is 7.05 Å². The van der Waals surface area contributed by atoms with Crippen LogP contribution in [-0.2, 0) is 7.05 Å². The molecule has 0 aliphatic heterocycles. The van der Waals surface area contributed by atoms with Gasteiger partial charge in [-0.3, -0.25) is 4.79 Å². The number of pyridine rings is 1. The summed E-state index contributed by atoms with van der Waals surface area (Å²) in [4.78, 5) is 16.4. The molecule has 0 fully saturated rings. The Bertz CT molecular complexity index is 626. The number of halogens is 1. The van der Waals surface area contributed by atoms with E-state index >= 15 is 0 Å². The summed E-state index contributed by atoms with van der Waals surface area (Å²) in [6.07, 6.45) is 1.57. The molecule has 0 aromatic carbocycles. The molecule has 0 aliphatic carbocycles. The van der Waals surface area contributed by atoms with Crippen LogP contribution < -0.4 is 10.6 Å². The number of carbonyl (C=O) groups excluding carboxylic acids is 1. The monoisotopic (exact) mass is 294 g/mol. The fourth-order valence-electron chi connectivity index (χ4n) is 1.75. The molecule has 0 bridgehead atoms. The first-order valence-electron chi connectivity index (χ1n) is 6.02. The van der Waals surface area contributed by atoms with Gasteiger partial charge in [-0.25, -0.2) is 4.98 Å². The first-order valence-corrected chi connectivity index (χ1v) is 6.39. The molecule has 20 heavy (non-hydrogen) atoms. The number of aromatic nitrogens is 4. The van der Waals surface area contributed by atoms with Crippen LogP contribution in [0.15, 0.2) is 18.5 Å². The quantitative estimate of drug-likeness (QED) is 0.890. The number of rotatable bonds is 4. The first-order chi connectivity index (χ1) is 9.52. The van der Waals surface area contributed by atoms with Gasteiger partial charge in [0, 0.05) is 14.1 Å². The molecule has 1 unspecified atom stereocenters. The van der Waals surface area contributed by atoms with Crippen LogP contribution in [0.1, 0.15) is 29.3 Å². The largest absolute Gasteiger partial charge is 0.373 e. The average molecular weight is 295 g/mol. The zero-order valence-corrected chi connectivity index (χ0v) is 12.1. The summed E-state index contributed by atoms with van der Waals surface area (Å²) in [5.41, 5.74) is 0.174. The van der Waals surface area contributed by atoms with Gasteiger partial charge in [0.05, 0.1) is 11.1 Å². The highest BCUT2D eigenvalue weighted by molar-refractivity contribution is 6.33. The number of carbonyl (C=O) groups is 1. The molecule has 0 radical (unpaired) electrons. The van der Waals surface area contributed by atoms with Crippen LogP contribution in [0.2, 0.25) is 5.02 Å². The summed E-state index contributed by atoms with van der Waals surface area (Å²) in [5.74, 6) is 0.868. The minimum absolute atomic E-state index is 0.174. The first kappa shape index (κ1) is 14.3. The molecular formula is C12H15ClN6O. The van der Waals surface area contributed by atoms with Crippen molar-refractivity contribution in [2.45, 2.75) is 13.0 Å². The van der Waals surface area contributed by atoms with Crippen LogP contribution >= 0.6 is 11.6 Å². The van der Waals surface area contributed by atoms with Crippen molar-refractivity contribution in [3.8, 4) is 0 Å². The molecule has 2 aromatic heterocycles. The smallest absolute Gasteiger partial charge is 0.272 e. The van der Waals surface area contributed by atoms with Gasteiger partial charge >= 0.3 is 0 Å². The molecular weight excluding hydrogens is 280 g/mol. The molecule has 0 saturated carbocycles. The van der Waals surface area contributed by atoms with Crippen molar-refractivity contribution in [1.82, 2.24) is 25.1 Å². The molecule has 8 heteroatoms. The second kappa shape index (κ2) is 5.87. The van der Waals surface area contributed by atoms with E-state index in [4.69, 9.17) is 11.6 Å². The fourth-order valence-corrected chi connectivity index (χ4v) is 1.95. The number of amides is 1. The highest BCUT2D eigenvalue weighted by atomic mass is 35.5. The molecule has 2 N–H and O–H groups in total. The lowest BCUT2D eigenvalue weighted by atomic mass is 10.2. The number of aryl methyl sites for hydroxylation is 1. The molecule has 2 aromatic rings. The van der Waals surface area contributed by atoms with E-state index < -0.39 is 0 Å². The van der Waals surface area contributed by atoms with Gasteiger partial charge in [0.2, 0.25) is 0 Å². The number of anilines is 1. The van der Waals surface area contributed by atoms with E-state index in [0.717, 1.165) is 0 Å². The van der Waals surface area contributed by atoms with Gasteiger partial charge in [-0.15, -0.1) is 10.2 Å². The maximum absolute atomic E-state index is 12.2. The predicted octanol–water partition coefficient (Wildman–Crippen LogP) is 1.40. The van der Waals surface area contributed by atoms with E-state index in [9.17, 15) is 4.79 Å². The van der Waals surface area contributed by atoms with E-state index in [2.05, 4.69) is 25.8 Å². The number of hydrogen-bond acceptors (Lipinski definition) is 5. The van der Waals surface area contributed by atoms with Crippen molar-refractivity contribution in [3.63, 3.8) is 0 Å². The summed E-state index contributed by atoms with van der Waals surface area (Å²) in [6, 6.07) is 3.03. The Morgan fingerprint density at radius 1 is 1.45 bits per heavy atom. The SMILES string of the molecule is CNc1ccc(Cl)c(C(=O)NC(C)c2nncn2C)n1. The summed E-state index contributed by atoms with van der Waals surface area (Å²) in [7, 11) is 3.53. The Hall–Kier alpha value is -2.15. The van der Waals surface area contributed by atoms with Gasteiger partial charge in [-0.1, -0.05) is 11.6 Å². The van der Waals surface area contributed by atoms with E-state index in [1.165, 1.54) is 0 Å². The van der Waals surface area contributed by atoms with Gasteiger partial charge in [-0.05, 0) is 19.1 Å². The minimum atomic E-state index is -0.359. The third-order valence-corrected chi connectivity index (χ3v) is 3.10. The molecule has 0 saturated heterocycles. The lowest BCUT2D eigenvalue weighted by Crippen LogP contribution is -2.29. The standard InChI is InChI=1S/C12H15ClN6O/c1-7(11-18-15-6-19(11)3)16-12(20)10-8(13)4-5-9(14-2)17-10/h4-7H,1-3H3,(H,14,17)(H,16,20). The van der Waals surface area contributed by atoms with Crippen LogP contribution in [0.5, 0.6) is 0 Å². The van der Waals surface area contributed by atoms with Crippen LogP contribution in [0.4, 0.5) is 5.82 Å². The van der Waals surface area contributed by atoms with Crippen molar-refractivity contribution in [1.29, 1.82) is 0 Å². The zero-order valence-electron chi connectivity index (χ0n) is 11.4. The van der Waals surface area contributed by atoms with Gasteiger partial charge in [0.15, 0.2) is 5.82 Å². The second-order valence-corrected chi connectivity index (χ2v) is 4.68. The highest BCUT2D eigenvalue weighted by Gasteiger charge is 2.18. The molecule has 1 atom stereocenters. The molecule has 2 heterocycles. The molecule has 7 nitrogen and oxygen atoms in total. The molecule has 1 amide bonds. The Balaban J connectivity index is 2.18. The van der Waals surface area contributed by atoms with Crippen molar-refractivity contribution in [3.05, 3.63) is 35.0 Å². The molecule has 0 aliphatic rings.